The van der Waals surface area contributed by atoms with Gasteiger partial charge in [-0.25, -0.2) is 22.0 Å². The van der Waals surface area contributed by atoms with Gasteiger partial charge in [-0.2, -0.15) is 0 Å². The normalized spacial score (nSPS) is 16.5. The second-order valence-corrected chi connectivity index (χ2v) is 12.9. The van der Waals surface area contributed by atoms with Gasteiger partial charge in [-0.15, -0.1) is 12.4 Å². The Balaban J connectivity index is 0.00000576. The van der Waals surface area contributed by atoms with Gasteiger partial charge in [0.1, 0.15) is 23.0 Å². The summed E-state index contributed by atoms with van der Waals surface area (Å²) < 4.78 is 60.2. The Labute approximate surface area is 274 Å². The van der Waals surface area contributed by atoms with E-state index in [1.54, 1.807) is 24.3 Å². The summed E-state index contributed by atoms with van der Waals surface area (Å²) in [6.07, 6.45) is 5.45. The van der Waals surface area contributed by atoms with Gasteiger partial charge in [-0.1, -0.05) is 31.9 Å². The number of carbonyl (C=O) groups is 2. The number of ether oxygens (including phenoxy) is 1. The van der Waals surface area contributed by atoms with Gasteiger partial charge in [-0.3, -0.25) is 14.4 Å². The van der Waals surface area contributed by atoms with Crippen molar-refractivity contribution in [2.24, 2.45) is 0 Å². The molecule has 1 aliphatic heterocycles. The molecular weight excluding hydrogens is 640 g/mol. The van der Waals surface area contributed by atoms with E-state index in [1.807, 2.05) is 24.3 Å². The number of benzene rings is 3. The first kappa shape index (κ1) is 36.5. The molecule has 3 amide bonds. The fraction of sp³-hybridized carbons (Fsp3) is 0.375. The molecule has 250 valence electrons. The van der Waals surface area contributed by atoms with Crippen molar-refractivity contribution in [1.29, 1.82) is 0 Å². The van der Waals surface area contributed by atoms with Gasteiger partial charge in [0.25, 0.3) is 0 Å². The average Bonchev–Trinajstić information content (AvgIpc) is 2.98. The smallest absolute Gasteiger partial charge is 0.319 e. The zero-order valence-corrected chi connectivity index (χ0v) is 27.6. The van der Waals surface area contributed by atoms with Gasteiger partial charge in [0.05, 0.1) is 11.9 Å². The summed E-state index contributed by atoms with van der Waals surface area (Å²) in [6, 6.07) is 15.8. The van der Waals surface area contributed by atoms with Crippen LogP contribution in [0.2, 0.25) is 0 Å². The summed E-state index contributed by atoms with van der Waals surface area (Å²) in [4.78, 5) is 26.5. The van der Waals surface area contributed by atoms with E-state index in [-0.39, 0.29) is 30.2 Å². The molecule has 4 rings (SSSR count). The maximum absolute atomic E-state index is 14.8. The molecule has 1 fully saturated rings. The second-order valence-electron chi connectivity index (χ2n) is 11.2. The zero-order valence-electron chi connectivity index (χ0n) is 25.9. The molecule has 0 saturated carbocycles. The minimum absolute atomic E-state index is 0. The van der Waals surface area contributed by atoms with Crippen LogP contribution in [-0.4, -0.2) is 50.1 Å². The lowest BCUT2D eigenvalue weighted by Gasteiger charge is -2.40. The monoisotopic (exact) mass is 679 g/mol. The van der Waals surface area contributed by atoms with E-state index in [4.69, 9.17) is 4.74 Å². The Hall–Kier alpha value is -3.94. The molecule has 3 aromatic rings. The molecule has 0 radical (unpaired) electrons. The lowest BCUT2D eigenvalue weighted by molar-refractivity contribution is -0.114. The lowest BCUT2D eigenvalue weighted by Crippen LogP contribution is -2.50. The third kappa shape index (κ3) is 10.8. The van der Waals surface area contributed by atoms with Crippen molar-refractivity contribution < 1.29 is 31.5 Å². The van der Waals surface area contributed by atoms with E-state index in [0.717, 1.165) is 49.8 Å². The standard InChI is InChI=1S/C32H39F2N5O5S.ClH/c1-4-5-6-25-19-24(36-32(41)37-31-28(33)15-16-29(30(31)34)35-21(2)40)17-18-39(25)20-22-7-11-26(12-8-22)44-27-13-9-23(10-14-27)38-45(3,42)43;/h7-16,24-25,38H,4-6,17-20H2,1-3H3,(H,35,40)(H2,36,37,41);1H. The number of hydrogen-bond donors (Lipinski definition) is 4. The molecule has 3 aromatic carbocycles. The third-order valence-corrected chi connectivity index (χ3v) is 8.01. The summed E-state index contributed by atoms with van der Waals surface area (Å²) in [5.74, 6) is -1.28. The van der Waals surface area contributed by atoms with E-state index in [1.165, 1.54) is 6.92 Å². The molecule has 1 saturated heterocycles. The highest BCUT2D eigenvalue weighted by Crippen LogP contribution is 2.28. The highest BCUT2D eigenvalue weighted by atomic mass is 35.5. The summed E-state index contributed by atoms with van der Waals surface area (Å²) >= 11 is 0. The molecule has 0 spiro atoms. The molecule has 46 heavy (non-hydrogen) atoms. The number of rotatable bonds is 12. The molecule has 4 N–H and O–H groups in total. The van der Waals surface area contributed by atoms with Gasteiger partial charge in [0.15, 0.2) is 5.82 Å². The van der Waals surface area contributed by atoms with Gasteiger partial charge < -0.3 is 20.7 Å². The Morgan fingerprint density at radius 2 is 1.63 bits per heavy atom. The topological polar surface area (TPSA) is 129 Å². The number of likely N-dealkylation sites (tertiary alicyclic amines) is 1. The van der Waals surface area contributed by atoms with Crippen LogP contribution in [0.5, 0.6) is 11.5 Å². The van der Waals surface area contributed by atoms with Crippen LogP contribution >= 0.6 is 12.4 Å². The fourth-order valence-corrected chi connectivity index (χ4v) is 5.87. The van der Waals surface area contributed by atoms with Gasteiger partial charge in [0.2, 0.25) is 15.9 Å². The van der Waals surface area contributed by atoms with Crippen molar-refractivity contribution in [2.75, 3.05) is 28.2 Å². The zero-order chi connectivity index (χ0) is 32.6. The number of amides is 3. The Morgan fingerprint density at radius 1 is 0.978 bits per heavy atom. The number of urea groups is 1. The second kappa shape index (κ2) is 16.6. The van der Waals surface area contributed by atoms with Crippen molar-refractivity contribution in [3.05, 3.63) is 77.9 Å². The molecule has 0 aliphatic carbocycles. The maximum atomic E-state index is 14.8. The molecule has 2 unspecified atom stereocenters. The van der Waals surface area contributed by atoms with Crippen LogP contribution < -0.4 is 25.4 Å². The fourth-order valence-electron chi connectivity index (χ4n) is 5.31. The molecule has 1 aliphatic rings. The number of nitrogens with one attached hydrogen (secondary N) is 4. The summed E-state index contributed by atoms with van der Waals surface area (Å²) in [5.41, 5.74) is 0.719. The highest BCUT2D eigenvalue weighted by Gasteiger charge is 2.29. The largest absolute Gasteiger partial charge is 0.457 e. The predicted molar refractivity (Wildman–Crippen MR) is 178 cm³/mol. The molecular formula is C32H40ClF2N5O5S. The Bertz CT molecular complexity index is 1590. The quantitative estimate of drug-likeness (QED) is 0.166. The molecule has 14 heteroatoms. The van der Waals surface area contributed by atoms with Crippen molar-refractivity contribution in [1.82, 2.24) is 10.2 Å². The van der Waals surface area contributed by atoms with Crippen LogP contribution in [0.4, 0.5) is 30.6 Å². The van der Waals surface area contributed by atoms with Crippen LogP contribution in [0.3, 0.4) is 0 Å². The van der Waals surface area contributed by atoms with Crippen LogP contribution in [0.25, 0.3) is 0 Å². The minimum Gasteiger partial charge on any atom is -0.457 e. The number of sulfonamides is 1. The van der Waals surface area contributed by atoms with Crippen LogP contribution in [0.15, 0.2) is 60.7 Å². The van der Waals surface area contributed by atoms with E-state index in [2.05, 4.69) is 32.5 Å². The number of hydrogen-bond acceptors (Lipinski definition) is 6. The third-order valence-electron chi connectivity index (χ3n) is 7.41. The first-order chi connectivity index (χ1) is 21.4. The predicted octanol–water partition coefficient (Wildman–Crippen LogP) is 6.85. The first-order valence-electron chi connectivity index (χ1n) is 14.8. The molecule has 0 aromatic heterocycles. The van der Waals surface area contributed by atoms with Crippen LogP contribution in [-0.2, 0) is 21.4 Å². The number of nitrogens with zero attached hydrogens (tertiary/aromatic N) is 1. The van der Waals surface area contributed by atoms with Crippen molar-refractivity contribution >= 4 is 51.4 Å². The highest BCUT2D eigenvalue weighted by molar-refractivity contribution is 7.92. The van der Waals surface area contributed by atoms with Crippen molar-refractivity contribution in [2.45, 2.75) is 64.6 Å². The van der Waals surface area contributed by atoms with Crippen LogP contribution in [0.1, 0.15) is 51.5 Å². The summed E-state index contributed by atoms with van der Waals surface area (Å²) in [6.45, 7) is 4.78. The Morgan fingerprint density at radius 3 is 2.24 bits per heavy atom. The van der Waals surface area contributed by atoms with E-state index < -0.39 is 39.3 Å². The molecule has 0 bridgehead atoms. The van der Waals surface area contributed by atoms with Crippen LogP contribution in [0, 0.1) is 11.6 Å². The van der Waals surface area contributed by atoms with Gasteiger partial charge in [0, 0.05) is 37.8 Å². The lowest BCUT2D eigenvalue weighted by atomic mass is 9.93. The molecule has 10 nitrogen and oxygen atoms in total. The number of piperidine rings is 1. The van der Waals surface area contributed by atoms with E-state index >= 15 is 0 Å². The number of anilines is 3. The number of unbranched alkanes of at least 4 members (excludes halogenated alkanes) is 1. The van der Waals surface area contributed by atoms with Gasteiger partial charge in [-0.05, 0) is 73.4 Å². The average molecular weight is 680 g/mol. The summed E-state index contributed by atoms with van der Waals surface area (Å²) in [5, 5.41) is 7.43. The minimum atomic E-state index is -3.35. The van der Waals surface area contributed by atoms with Gasteiger partial charge >= 0.3 is 6.03 Å². The van der Waals surface area contributed by atoms with E-state index in [0.29, 0.717) is 36.6 Å². The number of carbonyl (C=O) groups excluding carboxylic acids is 2. The summed E-state index contributed by atoms with van der Waals surface area (Å²) in [7, 11) is -3.35. The first-order valence-corrected chi connectivity index (χ1v) is 16.7. The maximum Gasteiger partial charge on any atom is 0.319 e. The number of halogens is 3. The molecule has 2 atom stereocenters. The Kier molecular flexibility index (Phi) is 13.2. The van der Waals surface area contributed by atoms with E-state index in [9.17, 15) is 26.8 Å². The van der Waals surface area contributed by atoms with Crippen molar-refractivity contribution in [3.63, 3.8) is 0 Å². The van der Waals surface area contributed by atoms with Crippen molar-refractivity contribution in [3.8, 4) is 11.5 Å². The molecule has 1 heterocycles. The SMILES string of the molecule is CCCCC1CC(NC(=O)Nc2c(F)ccc(NC(C)=O)c2F)CCN1Cc1ccc(Oc2ccc(NS(C)(=O)=O)cc2)cc1.Cl.